The molecule has 0 unspecified atom stereocenters. The highest BCUT2D eigenvalue weighted by Gasteiger charge is 2.17. The molecule has 3 aromatic carbocycles. The standard InChI is InChI=1S/C30H34N4O2/c1-7-34(6)14-15-36-23-10-13-26(27(35)18-23)30-32-28(24-11-8-19(2)16-21(24)4)31-29(33-30)25-12-9-20(3)17-22(25)5/h8-13,16-18,35H,7,14-15H2,1-6H3. The van der Waals surface area contributed by atoms with Crippen LogP contribution in [0.3, 0.4) is 0 Å². The Hall–Kier alpha value is -3.77. The largest absolute Gasteiger partial charge is 0.507 e. The van der Waals surface area contributed by atoms with Crippen molar-refractivity contribution >= 4 is 0 Å². The van der Waals surface area contributed by atoms with Gasteiger partial charge >= 0.3 is 0 Å². The van der Waals surface area contributed by atoms with E-state index >= 15 is 0 Å². The summed E-state index contributed by atoms with van der Waals surface area (Å²) in [5, 5.41) is 10.9. The fraction of sp³-hybridized carbons (Fsp3) is 0.300. The smallest absolute Gasteiger partial charge is 0.167 e. The number of hydrogen-bond donors (Lipinski definition) is 1. The molecule has 0 aliphatic rings. The minimum absolute atomic E-state index is 0.0701. The number of benzene rings is 3. The molecular weight excluding hydrogens is 448 g/mol. The van der Waals surface area contributed by atoms with E-state index in [9.17, 15) is 5.11 Å². The molecular formula is C30H34N4O2. The van der Waals surface area contributed by atoms with E-state index in [0.29, 0.717) is 35.4 Å². The van der Waals surface area contributed by atoms with Gasteiger partial charge in [0.15, 0.2) is 17.5 Å². The predicted molar refractivity (Wildman–Crippen MR) is 145 cm³/mol. The molecule has 1 aromatic heterocycles. The van der Waals surface area contributed by atoms with Gasteiger partial charge in [0.1, 0.15) is 18.1 Å². The average Bonchev–Trinajstić information content (AvgIpc) is 2.83. The minimum Gasteiger partial charge on any atom is -0.507 e. The van der Waals surface area contributed by atoms with Crippen LogP contribution in [0.15, 0.2) is 54.6 Å². The molecule has 0 saturated heterocycles. The summed E-state index contributed by atoms with van der Waals surface area (Å²) in [5.74, 6) is 2.26. The fourth-order valence-electron chi connectivity index (χ4n) is 4.13. The molecule has 0 atom stereocenters. The third-order valence-corrected chi connectivity index (χ3v) is 6.37. The average molecular weight is 483 g/mol. The predicted octanol–water partition coefficient (Wildman–Crippen LogP) is 6.14. The highest BCUT2D eigenvalue weighted by Crippen LogP contribution is 2.34. The van der Waals surface area contributed by atoms with E-state index in [1.807, 2.05) is 25.2 Å². The summed E-state index contributed by atoms with van der Waals surface area (Å²) >= 11 is 0. The van der Waals surface area contributed by atoms with Crippen LogP contribution in [0.5, 0.6) is 11.5 Å². The van der Waals surface area contributed by atoms with E-state index in [-0.39, 0.29) is 5.75 Å². The Morgan fingerprint density at radius 2 is 1.22 bits per heavy atom. The maximum absolute atomic E-state index is 10.9. The quantitative estimate of drug-likeness (QED) is 0.325. The van der Waals surface area contributed by atoms with Gasteiger partial charge in [-0.25, -0.2) is 15.0 Å². The van der Waals surface area contributed by atoms with Gasteiger partial charge in [-0.15, -0.1) is 0 Å². The van der Waals surface area contributed by atoms with E-state index in [1.165, 1.54) is 11.1 Å². The molecule has 0 saturated carbocycles. The van der Waals surface area contributed by atoms with Crippen molar-refractivity contribution in [2.75, 3.05) is 26.7 Å². The fourth-order valence-corrected chi connectivity index (χ4v) is 4.13. The van der Waals surface area contributed by atoms with Crippen LogP contribution in [0.25, 0.3) is 34.2 Å². The molecule has 0 radical (unpaired) electrons. The van der Waals surface area contributed by atoms with E-state index in [0.717, 1.165) is 35.3 Å². The first-order chi connectivity index (χ1) is 17.2. The molecule has 36 heavy (non-hydrogen) atoms. The molecule has 0 bridgehead atoms. The topological polar surface area (TPSA) is 71.4 Å². The van der Waals surface area contributed by atoms with Crippen molar-refractivity contribution < 1.29 is 9.84 Å². The first-order valence-electron chi connectivity index (χ1n) is 12.3. The Morgan fingerprint density at radius 1 is 0.722 bits per heavy atom. The molecule has 0 spiro atoms. The zero-order valence-electron chi connectivity index (χ0n) is 22.0. The number of aromatic hydroxyl groups is 1. The number of phenols is 1. The summed E-state index contributed by atoms with van der Waals surface area (Å²) in [6.45, 7) is 12.7. The van der Waals surface area contributed by atoms with Gasteiger partial charge in [0.05, 0.1) is 5.56 Å². The van der Waals surface area contributed by atoms with Crippen LogP contribution in [-0.4, -0.2) is 51.7 Å². The molecule has 0 fully saturated rings. The number of hydrogen-bond acceptors (Lipinski definition) is 6. The maximum Gasteiger partial charge on any atom is 0.167 e. The zero-order chi connectivity index (χ0) is 25.8. The molecule has 1 heterocycles. The highest BCUT2D eigenvalue weighted by atomic mass is 16.5. The summed E-state index contributed by atoms with van der Waals surface area (Å²) in [7, 11) is 2.05. The van der Waals surface area contributed by atoms with Crippen LogP contribution in [0, 0.1) is 27.7 Å². The molecule has 0 amide bonds. The summed E-state index contributed by atoms with van der Waals surface area (Å²) in [6.07, 6.45) is 0. The van der Waals surface area contributed by atoms with E-state index in [1.54, 1.807) is 12.1 Å². The Kier molecular flexibility index (Phi) is 7.65. The normalized spacial score (nSPS) is 11.2. The van der Waals surface area contributed by atoms with Crippen molar-refractivity contribution in [3.8, 4) is 45.7 Å². The monoisotopic (exact) mass is 482 g/mol. The molecule has 186 valence electrons. The van der Waals surface area contributed by atoms with Crippen LogP contribution in [0.2, 0.25) is 0 Å². The maximum atomic E-state index is 10.9. The number of aromatic nitrogens is 3. The van der Waals surface area contributed by atoms with Crippen molar-refractivity contribution in [1.29, 1.82) is 0 Å². The summed E-state index contributed by atoms with van der Waals surface area (Å²) in [4.78, 5) is 16.6. The lowest BCUT2D eigenvalue weighted by molar-refractivity contribution is 0.243. The van der Waals surface area contributed by atoms with Gasteiger partial charge in [0, 0.05) is 23.7 Å². The van der Waals surface area contributed by atoms with Crippen molar-refractivity contribution in [1.82, 2.24) is 19.9 Å². The Morgan fingerprint density at radius 3 is 1.69 bits per heavy atom. The Balaban J connectivity index is 1.78. The summed E-state index contributed by atoms with van der Waals surface area (Å²) in [5.41, 5.74) is 6.95. The van der Waals surface area contributed by atoms with Gasteiger partial charge in [-0.3, -0.25) is 0 Å². The first-order valence-corrected chi connectivity index (χ1v) is 12.3. The third kappa shape index (κ3) is 5.71. The molecule has 4 aromatic rings. The molecule has 6 heteroatoms. The van der Waals surface area contributed by atoms with Crippen molar-refractivity contribution in [3.63, 3.8) is 0 Å². The number of nitrogens with zero attached hydrogens (tertiary/aromatic N) is 4. The first kappa shape index (κ1) is 25.3. The Labute approximate surface area is 213 Å². The number of phenolic OH excluding ortho intramolecular Hbond substituents is 1. The minimum atomic E-state index is 0.0701. The van der Waals surface area contributed by atoms with Crippen molar-refractivity contribution in [2.45, 2.75) is 34.6 Å². The number of likely N-dealkylation sites (N-methyl/N-ethyl adjacent to an activating group) is 1. The van der Waals surface area contributed by atoms with Gasteiger partial charge < -0.3 is 14.7 Å². The SMILES string of the molecule is CCN(C)CCOc1ccc(-c2nc(-c3ccc(C)cc3C)nc(-c3ccc(C)cc3C)n2)c(O)c1. The highest BCUT2D eigenvalue weighted by molar-refractivity contribution is 5.72. The van der Waals surface area contributed by atoms with Crippen molar-refractivity contribution in [3.05, 3.63) is 76.9 Å². The second-order valence-electron chi connectivity index (χ2n) is 9.37. The van der Waals surface area contributed by atoms with Crippen LogP contribution in [0.1, 0.15) is 29.2 Å². The van der Waals surface area contributed by atoms with Gasteiger partial charge in [-0.1, -0.05) is 54.4 Å². The lowest BCUT2D eigenvalue weighted by Crippen LogP contribution is -2.23. The number of ether oxygens (including phenoxy) is 1. The van der Waals surface area contributed by atoms with Crippen LogP contribution in [0.4, 0.5) is 0 Å². The number of aryl methyl sites for hydroxylation is 4. The van der Waals surface area contributed by atoms with E-state index < -0.39 is 0 Å². The van der Waals surface area contributed by atoms with E-state index in [4.69, 9.17) is 19.7 Å². The summed E-state index contributed by atoms with van der Waals surface area (Å²) < 4.78 is 5.84. The van der Waals surface area contributed by atoms with Gasteiger partial charge in [-0.2, -0.15) is 0 Å². The van der Waals surface area contributed by atoms with Crippen molar-refractivity contribution in [2.24, 2.45) is 0 Å². The van der Waals surface area contributed by atoms with Gasteiger partial charge in [0.2, 0.25) is 0 Å². The zero-order valence-corrected chi connectivity index (χ0v) is 22.0. The van der Waals surface area contributed by atoms with E-state index in [2.05, 4.69) is 63.8 Å². The molecule has 4 rings (SSSR count). The molecule has 0 aliphatic heterocycles. The van der Waals surface area contributed by atoms with Crippen LogP contribution >= 0.6 is 0 Å². The molecule has 0 aliphatic carbocycles. The van der Waals surface area contributed by atoms with Crippen LogP contribution in [-0.2, 0) is 0 Å². The molecule has 1 N–H and O–H groups in total. The molecule has 6 nitrogen and oxygen atoms in total. The third-order valence-electron chi connectivity index (χ3n) is 6.37. The lowest BCUT2D eigenvalue weighted by atomic mass is 10.0. The van der Waals surface area contributed by atoms with Gasteiger partial charge in [-0.05, 0) is 64.5 Å². The second kappa shape index (κ2) is 10.9. The summed E-state index contributed by atoms with van der Waals surface area (Å²) in [6, 6.07) is 17.7. The lowest BCUT2D eigenvalue weighted by Gasteiger charge is -2.15. The van der Waals surface area contributed by atoms with Crippen LogP contribution < -0.4 is 4.74 Å². The second-order valence-corrected chi connectivity index (χ2v) is 9.37. The Bertz CT molecular complexity index is 1310. The number of rotatable bonds is 8. The van der Waals surface area contributed by atoms with Gasteiger partial charge in [0.25, 0.3) is 0 Å².